The maximum Gasteiger partial charge on any atom is 0.269 e. The van der Waals surface area contributed by atoms with E-state index in [1.165, 1.54) is 23.9 Å². The number of nitro benzene ring substituents is 1. The van der Waals surface area contributed by atoms with Crippen LogP contribution < -0.4 is 10.6 Å². The van der Waals surface area contributed by atoms with Gasteiger partial charge in [-0.05, 0) is 26.0 Å². The summed E-state index contributed by atoms with van der Waals surface area (Å²) in [6, 6.07) is 5.36. The van der Waals surface area contributed by atoms with E-state index in [0.29, 0.717) is 6.54 Å². The fraction of sp³-hybridized carbons (Fsp3) is 0.385. The molecule has 0 saturated carbocycles. The van der Waals surface area contributed by atoms with Crippen molar-refractivity contribution in [1.82, 2.24) is 10.6 Å². The number of non-ortho nitro benzene ring substituents is 1. The molecule has 1 aromatic carbocycles. The summed E-state index contributed by atoms with van der Waals surface area (Å²) in [6.45, 7) is 3.92. The normalized spacial score (nSPS) is 11.5. The third-order valence-electron chi connectivity index (χ3n) is 2.54. The minimum atomic E-state index is -0.588. The zero-order valence-electron chi connectivity index (χ0n) is 11.8. The van der Waals surface area contributed by atoms with E-state index in [1.807, 2.05) is 0 Å². The second-order valence-corrected chi connectivity index (χ2v) is 5.27. The lowest BCUT2D eigenvalue weighted by Crippen LogP contribution is -2.45. The molecule has 0 fully saturated rings. The van der Waals surface area contributed by atoms with E-state index in [2.05, 4.69) is 10.6 Å². The summed E-state index contributed by atoms with van der Waals surface area (Å²) in [6.07, 6.45) is 0. The standard InChI is InChI=1S/C13H17N3O4S/c1-3-14-13(18)9(2)15-12(17)8-21-11-6-4-10(5-7-11)16(19)20/h4-7,9H,3,8H2,1-2H3,(H,14,18)(H,15,17)/t9-/m0/s1. The Morgan fingerprint density at radius 1 is 1.33 bits per heavy atom. The van der Waals surface area contributed by atoms with E-state index in [-0.39, 0.29) is 23.3 Å². The predicted octanol–water partition coefficient (Wildman–Crippen LogP) is 1.33. The molecule has 7 nitrogen and oxygen atoms in total. The Hall–Kier alpha value is -2.09. The molecule has 1 atom stereocenters. The van der Waals surface area contributed by atoms with Gasteiger partial charge >= 0.3 is 0 Å². The zero-order valence-corrected chi connectivity index (χ0v) is 12.6. The number of thioether (sulfide) groups is 1. The molecule has 0 aromatic heterocycles. The molecule has 114 valence electrons. The van der Waals surface area contributed by atoms with Crippen LogP contribution in [0.4, 0.5) is 5.69 Å². The van der Waals surface area contributed by atoms with Crippen LogP contribution in [0.3, 0.4) is 0 Å². The van der Waals surface area contributed by atoms with Gasteiger partial charge in [0.15, 0.2) is 0 Å². The summed E-state index contributed by atoms with van der Waals surface area (Å²) < 4.78 is 0. The molecule has 0 radical (unpaired) electrons. The van der Waals surface area contributed by atoms with E-state index in [4.69, 9.17) is 0 Å². The summed E-state index contributed by atoms with van der Waals surface area (Å²) in [5.41, 5.74) is 0.00802. The van der Waals surface area contributed by atoms with Crippen LogP contribution >= 0.6 is 11.8 Å². The topological polar surface area (TPSA) is 101 Å². The van der Waals surface area contributed by atoms with E-state index in [9.17, 15) is 19.7 Å². The van der Waals surface area contributed by atoms with Gasteiger partial charge in [-0.1, -0.05) is 0 Å². The van der Waals surface area contributed by atoms with Gasteiger partial charge in [0.25, 0.3) is 5.69 Å². The third-order valence-corrected chi connectivity index (χ3v) is 3.55. The number of benzene rings is 1. The smallest absolute Gasteiger partial charge is 0.269 e. The summed E-state index contributed by atoms with van der Waals surface area (Å²) in [7, 11) is 0. The molecule has 2 N–H and O–H groups in total. The molecule has 8 heteroatoms. The molecule has 1 rings (SSSR count). The van der Waals surface area contributed by atoms with Crippen molar-refractivity contribution >= 4 is 29.3 Å². The molecule has 0 spiro atoms. The Morgan fingerprint density at radius 2 is 1.95 bits per heavy atom. The number of carbonyl (C=O) groups excluding carboxylic acids is 2. The van der Waals surface area contributed by atoms with Gasteiger partial charge in [0.05, 0.1) is 10.7 Å². The fourth-order valence-corrected chi connectivity index (χ4v) is 2.20. The minimum Gasteiger partial charge on any atom is -0.355 e. The van der Waals surface area contributed by atoms with Crippen LogP contribution in [0.5, 0.6) is 0 Å². The number of carbonyl (C=O) groups is 2. The Kier molecular flexibility index (Phi) is 6.67. The van der Waals surface area contributed by atoms with E-state index in [1.54, 1.807) is 26.0 Å². The van der Waals surface area contributed by atoms with Crippen LogP contribution in [-0.2, 0) is 9.59 Å². The van der Waals surface area contributed by atoms with Crippen LogP contribution in [0.1, 0.15) is 13.8 Å². The van der Waals surface area contributed by atoms with Gasteiger partial charge in [-0.15, -0.1) is 11.8 Å². The first kappa shape index (κ1) is 17.0. The fourth-order valence-electron chi connectivity index (χ4n) is 1.49. The second-order valence-electron chi connectivity index (χ2n) is 4.22. The van der Waals surface area contributed by atoms with Crippen LogP contribution in [0.2, 0.25) is 0 Å². The largest absolute Gasteiger partial charge is 0.355 e. The number of hydrogen-bond acceptors (Lipinski definition) is 5. The first-order valence-electron chi connectivity index (χ1n) is 6.38. The van der Waals surface area contributed by atoms with Crippen molar-refractivity contribution in [3.63, 3.8) is 0 Å². The number of amides is 2. The summed E-state index contributed by atoms with van der Waals surface area (Å²) in [4.78, 5) is 33.9. The first-order valence-corrected chi connectivity index (χ1v) is 7.37. The monoisotopic (exact) mass is 311 g/mol. The summed E-state index contributed by atoms with van der Waals surface area (Å²) in [5.74, 6) is -0.357. The highest BCUT2D eigenvalue weighted by molar-refractivity contribution is 8.00. The van der Waals surface area contributed by atoms with Gasteiger partial charge in [0.2, 0.25) is 11.8 Å². The molecule has 0 aliphatic carbocycles. The van der Waals surface area contributed by atoms with Gasteiger partial charge in [0, 0.05) is 23.6 Å². The maximum absolute atomic E-state index is 11.7. The summed E-state index contributed by atoms with van der Waals surface area (Å²) >= 11 is 1.25. The molecule has 0 bridgehead atoms. The first-order chi connectivity index (χ1) is 9.93. The zero-order chi connectivity index (χ0) is 15.8. The van der Waals surface area contributed by atoms with Crippen molar-refractivity contribution in [3.05, 3.63) is 34.4 Å². The van der Waals surface area contributed by atoms with Gasteiger partial charge in [-0.2, -0.15) is 0 Å². The maximum atomic E-state index is 11.7. The third kappa shape index (κ3) is 5.82. The van der Waals surface area contributed by atoms with Crippen molar-refractivity contribution in [2.24, 2.45) is 0 Å². The predicted molar refractivity (Wildman–Crippen MR) is 80.1 cm³/mol. The Balaban J connectivity index is 2.42. The van der Waals surface area contributed by atoms with Crippen molar-refractivity contribution in [1.29, 1.82) is 0 Å². The number of likely N-dealkylation sites (N-methyl/N-ethyl adjacent to an activating group) is 1. The van der Waals surface area contributed by atoms with Crippen molar-refractivity contribution < 1.29 is 14.5 Å². The molecular weight excluding hydrogens is 294 g/mol. The second kappa shape index (κ2) is 8.25. The lowest BCUT2D eigenvalue weighted by molar-refractivity contribution is -0.384. The van der Waals surface area contributed by atoms with Gasteiger partial charge in [0.1, 0.15) is 6.04 Å². The van der Waals surface area contributed by atoms with Crippen LogP contribution in [0.25, 0.3) is 0 Å². The molecule has 0 saturated heterocycles. The quantitative estimate of drug-likeness (QED) is 0.449. The van der Waals surface area contributed by atoms with Gasteiger partial charge in [-0.3, -0.25) is 19.7 Å². The molecule has 2 amide bonds. The molecule has 1 aromatic rings. The van der Waals surface area contributed by atoms with Crippen LogP contribution in [0.15, 0.2) is 29.2 Å². The number of nitrogens with one attached hydrogen (secondary N) is 2. The highest BCUT2D eigenvalue weighted by Crippen LogP contribution is 2.21. The van der Waals surface area contributed by atoms with E-state index in [0.717, 1.165) is 4.90 Å². The molecule has 0 aliphatic rings. The van der Waals surface area contributed by atoms with Crippen molar-refractivity contribution in [2.45, 2.75) is 24.8 Å². The number of rotatable bonds is 7. The molecule has 0 heterocycles. The molecule has 0 unspecified atom stereocenters. The SMILES string of the molecule is CCNC(=O)[C@H](C)NC(=O)CSc1ccc([N+](=O)[O-])cc1. The lowest BCUT2D eigenvalue weighted by atomic mass is 10.3. The van der Waals surface area contributed by atoms with Gasteiger partial charge < -0.3 is 10.6 Å². The Bertz CT molecular complexity index is 519. The van der Waals surface area contributed by atoms with E-state index < -0.39 is 11.0 Å². The summed E-state index contributed by atoms with van der Waals surface area (Å²) in [5, 5.41) is 15.7. The Morgan fingerprint density at radius 3 is 2.48 bits per heavy atom. The highest BCUT2D eigenvalue weighted by Gasteiger charge is 2.14. The van der Waals surface area contributed by atoms with E-state index >= 15 is 0 Å². The minimum absolute atomic E-state index is 0.00802. The number of hydrogen-bond donors (Lipinski definition) is 2. The highest BCUT2D eigenvalue weighted by atomic mass is 32.2. The molecular formula is C13H17N3O4S. The van der Waals surface area contributed by atoms with Crippen molar-refractivity contribution in [2.75, 3.05) is 12.3 Å². The number of nitrogens with zero attached hydrogens (tertiary/aromatic N) is 1. The van der Waals surface area contributed by atoms with Gasteiger partial charge in [-0.25, -0.2) is 0 Å². The Labute approximate surface area is 126 Å². The lowest BCUT2D eigenvalue weighted by Gasteiger charge is -2.13. The van der Waals surface area contributed by atoms with Crippen LogP contribution in [0, 0.1) is 10.1 Å². The van der Waals surface area contributed by atoms with Crippen molar-refractivity contribution in [3.8, 4) is 0 Å². The van der Waals surface area contributed by atoms with Crippen LogP contribution in [-0.4, -0.2) is 35.1 Å². The average molecular weight is 311 g/mol. The number of nitro groups is 1. The average Bonchev–Trinajstić information content (AvgIpc) is 2.45. The molecule has 0 aliphatic heterocycles. The molecule has 21 heavy (non-hydrogen) atoms.